The lowest BCUT2D eigenvalue weighted by atomic mass is 9.72. The fourth-order valence-corrected chi connectivity index (χ4v) is 4.53. The molecule has 2 aliphatic rings. The molecule has 30 heavy (non-hydrogen) atoms. The first-order chi connectivity index (χ1) is 14.3. The van der Waals surface area contributed by atoms with Crippen LogP contribution >= 0.6 is 0 Å². The van der Waals surface area contributed by atoms with Gasteiger partial charge in [0, 0.05) is 36.6 Å². The molecule has 1 aliphatic heterocycles. The van der Waals surface area contributed by atoms with Gasteiger partial charge in [-0.1, -0.05) is 19.9 Å². The Bertz CT molecular complexity index is 1030. The molecule has 1 atom stereocenters. The van der Waals surface area contributed by atoms with E-state index in [1.165, 1.54) is 0 Å². The van der Waals surface area contributed by atoms with Crippen molar-refractivity contribution in [1.29, 1.82) is 0 Å². The van der Waals surface area contributed by atoms with Crippen LogP contribution in [0.4, 0.5) is 5.69 Å². The predicted molar refractivity (Wildman–Crippen MR) is 114 cm³/mol. The average Bonchev–Trinajstić information content (AvgIpc) is 2.72. The van der Waals surface area contributed by atoms with E-state index in [0.29, 0.717) is 29.9 Å². The van der Waals surface area contributed by atoms with Gasteiger partial charge in [-0.25, -0.2) is 0 Å². The van der Waals surface area contributed by atoms with Crippen LogP contribution in [0.25, 0.3) is 0 Å². The molecule has 0 amide bonds. The summed E-state index contributed by atoms with van der Waals surface area (Å²) in [5, 5.41) is 0. The van der Waals surface area contributed by atoms with Gasteiger partial charge >= 0.3 is 0 Å². The highest BCUT2D eigenvalue weighted by Gasteiger charge is 2.44. The summed E-state index contributed by atoms with van der Waals surface area (Å²) in [6, 6.07) is 9.30. The normalized spacial score (nSPS) is 20.8. The van der Waals surface area contributed by atoms with Gasteiger partial charge in [-0.15, -0.1) is 0 Å². The molecule has 6 nitrogen and oxygen atoms in total. The minimum atomic E-state index is -0.250. The molecule has 4 rings (SSSR count). The third kappa shape index (κ3) is 3.47. The number of allylic oxidation sites excluding steroid dienone is 2. The van der Waals surface area contributed by atoms with Crippen LogP contribution < -0.4 is 14.4 Å². The van der Waals surface area contributed by atoms with E-state index >= 15 is 0 Å². The lowest BCUT2D eigenvalue weighted by molar-refractivity contribution is -0.124. The second-order valence-electron chi connectivity index (χ2n) is 8.60. The van der Waals surface area contributed by atoms with Crippen molar-refractivity contribution >= 4 is 17.3 Å². The lowest BCUT2D eigenvalue weighted by Crippen LogP contribution is -2.43. The van der Waals surface area contributed by atoms with E-state index in [0.717, 1.165) is 16.9 Å². The summed E-state index contributed by atoms with van der Waals surface area (Å²) in [5.41, 5.74) is 2.80. The van der Waals surface area contributed by atoms with Crippen molar-refractivity contribution < 1.29 is 19.1 Å². The highest BCUT2D eigenvalue weighted by atomic mass is 16.5. The molecule has 0 bridgehead atoms. The summed E-state index contributed by atoms with van der Waals surface area (Å²) in [4.78, 5) is 32.3. The molecule has 0 radical (unpaired) electrons. The standard InChI is InChI=1S/C24H26N2O4/c1-24(2)13-18-23(20(28)14-24)19(27)12-17(26(18)16-7-9-25-10-8-16)15-5-6-21(29-3)22(11-15)30-4/h5-11,17H,12-14H2,1-4H3/t17-/m0/s1. The summed E-state index contributed by atoms with van der Waals surface area (Å²) in [7, 11) is 3.19. The molecule has 2 aromatic rings. The number of hydrogen-bond donors (Lipinski definition) is 0. The lowest BCUT2D eigenvalue weighted by Gasteiger charge is -2.45. The first kappa shape index (κ1) is 20.1. The number of ketones is 2. The van der Waals surface area contributed by atoms with Crippen LogP contribution in [-0.2, 0) is 9.59 Å². The molecule has 0 spiro atoms. The summed E-state index contributed by atoms with van der Waals surface area (Å²) in [6.07, 6.45) is 4.73. The second kappa shape index (κ2) is 7.59. The number of aromatic nitrogens is 1. The number of rotatable bonds is 4. The fraction of sp³-hybridized carbons (Fsp3) is 0.375. The number of carbonyl (C=O) groups is 2. The van der Waals surface area contributed by atoms with Gasteiger partial charge in [0.05, 0.1) is 25.8 Å². The second-order valence-corrected chi connectivity index (χ2v) is 8.60. The minimum absolute atomic E-state index is 0.0592. The molecule has 1 aromatic heterocycles. The van der Waals surface area contributed by atoms with E-state index in [4.69, 9.17) is 9.47 Å². The number of hydrogen-bond acceptors (Lipinski definition) is 6. The van der Waals surface area contributed by atoms with Crippen LogP contribution in [0.1, 0.15) is 44.7 Å². The van der Waals surface area contributed by atoms with E-state index in [1.54, 1.807) is 26.6 Å². The number of carbonyl (C=O) groups excluding carboxylic acids is 2. The Morgan fingerprint density at radius 1 is 0.967 bits per heavy atom. The number of pyridine rings is 1. The first-order valence-corrected chi connectivity index (χ1v) is 10.1. The zero-order chi connectivity index (χ0) is 21.5. The van der Waals surface area contributed by atoms with Gasteiger partial charge in [0.1, 0.15) is 0 Å². The quantitative estimate of drug-likeness (QED) is 0.707. The van der Waals surface area contributed by atoms with Crippen molar-refractivity contribution in [2.24, 2.45) is 5.41 Å². The molecule has 1 aliphatic carbocycles. The highest BCUT2D eigenvalue weighted by molar-refractivity contribution is 6.22. The van der Waals surface area contributed by atoms with Gasteiger partial charge in [-0.2, -0.15) is 0 Å². The molecule has 0 N–H and O–H groups in total. The number of methoxy groups -OCH3 is 2. The largest absolute Gasteiger partial charge is 0.493 e. The molecular formula is C24H26N2O4. The van der Waals surface area contributed by atoms with Crippen LogP contribution in [0.2, 0.25) is 0 Å². The monoisotopic (exact) mass is 406 g/mol. The number of nitrogens with zero attached hydrogens (tertiary/aromatic N) is 2. The number of ether oxygens (including phenoxy) is 2. The van der Waals surface area contributed by atoms with E-state index in [2.05, 4.69) is 23.7 Å². The Morgan fingerprint density at radius 3 is 2.33 bits per heavy atom. The highest BCUT2D eigenvalue weighted by Crippen LogP contribution is 2.48. The molecule has 0 saturated carbocycles. The van der Waals surface area contributed by atoms with Crippen molar-refractivity contribution in [3.8, 4) is 11.5 Å². The average molecular weight is 406 g/mol. The third-order valence-corrected chi connectivity index (χ3v) is 5.85. The Balaban J connectivity index is 1.89. The molecule has 0 saturated heterocycles. The minimum Gasteiger partial charge on any atom is -0.493 e. The van der Waals surface area contributed by atoms with E-state index in [9.17, 15) is 9.59 Å². The van der Waals surface area contributed by atoms with Crippen LogP contribution in [0.5, 0.6) is 11.5 Å². The third-order valence-electron chi connectivity index (χ3n) is 5.85. The topological polar surface area (TPSA) is 68.7 Å². The Morgan fingerprint density at radius 2 is 1.67 bits per heavy atom. The molecule has 0 unspecified atom stereocenters. The fourth-order valence-electron chi connectivity index (χ4n) is 4.53. The number of Topliss-reactive ketones (excluding diaryl/α,β-unsaturated/α-hetero) is 2. The smallest absolute Gasteiger partial charge is 0.170 e. The molecule has 2 heterocycles. The molecule has 6 heteroatoms. The molecule has 0 fully saturated rings. The first-order valence-electron chi connectivity index (χ1n) is 10.1. The van der Waals surface area contributed by atoms with E-state index in [-0.39, 0.29) is 29.4 Å². The summed E-state index contributed by atoms with van der Waals surface area (Å²) < 4.78 is 10.9. The van der Waals surface area contributed by atoms with Gasteiger partial charge in [0.2, 0.25) is 0 Å². The maximum absolute atomic E-state index is 13.1. The van der Waals surface area contributed by atoms with Gasteiger partial charge in [-0.3, -0.25) is 14.6 Å². The van der Waals surface area contributed by atoms with Gasteiger partial charge < -0.3 is 14.4 Å². The number of anilines is 1. The van der Waals surface area contributed by atoms with Crippen LogP contribution in [0.3, 0.4) is 0 Å². The Labute approximate surface area is 176 Å². The van der Waals surface area contributed by atoms with Crippen molar-refractivity contribution in [3.63, 3.8) is 0 Å². The Hall–Kier alpha value is -3.15. The molecule has 1 aromatic carbocycles. The maximum Gasteiger partial charge on any atom is 0.170 e. The molecule has 156 valence electrons. The van der Waals surface area contributed by atoms with Crippen LogP contribution in [0, 0.1) is 5.41 Å². The predicted octanol–water partition coefficient (Wildman–Crippen LogP) is 4.26. The van der Waals surface area contributed by atoms with E-state index in [1.807, 2.05) is 30.3 Å². The van der Waals surface area contributed by atoms with Crippen LogP contribution in [-0.4, -0.2) is 30.8 Å². The van der Waals surface area contributed by atoms with Crippen LogP contribution in [0.15, 0.2) is 54.0 Å². The summed E-state index contributed by atoms with van der Waals surface area (Å²) in [6.45, 7) is 4.15. The van der Waals surface area contributed by atoms with E-state index < -0.39 is 0 Å². The van der Waals surface area contributed by atoms with Crippen molar-refractivity contribution in [2.75, 3.05) is 19.1 Å². The zero-order valence-corrected chi connectivity index (χ0v) is 17.8. The van der Waals surface area contributed by atoms with Gasteiger partial charge in [0.15, 0.2) is 23.1 Å². The summed E-state index contributed by atoms with van der Waals surface area (Å²) in [5.74, 6) is 1.09. The van der Waals surface area contributed by atoms with Gasteiger partial charge in [-0.05, 0) is 41.7 Å². The van der Waals surface area contributed by atoms with Crippen molar-refractivity contribution in [2.45, 2.75) is 39.2 Å². The van der Waals surface area contributed by atoms with Crippen molar-refractivity contribution in [1.82, 2.24) is 4.98 Å². The summed E-state index contributed by atoms with van der Waals surface area (Å²) >= 11 is 0. The number of benzene rings is 1. The molecular weight excluding hydrogens is 380 g/mol. The zero-order valence-electron chi connectivity index (χ0n) is 17.8. The maximum atomic E-state index is 13.1. The van der Waals surface area contributed by atoms with Crippen molar-refractivity contribution in [3.05, 3.63) is 59.6 Å². The van der Waals surface area contributed by atoms with Gasteiger partial charge in [0.25, 0.3) is 0 Å². The Kier molecular flexibility index (Phi) is 5.10. The SMILES string of the molecule is COc1ccc([C@@H]2CC(=O)C3=C(CC(C)(C)CC3=O)N2c2ccncc2)cc1OC.